The summed E-state index contributed by atoms with van der Waals surface area (Å²) in [7, 11) is 0. The Bertz CT molecular complexity index is 884. The monoisotopic (exact) mass is 566 g/mol. The molecule has 10 heteroatoms. The molecular weight excluding hydrogens is 527 g/mol. The average Bonchev–Trinajstić information content (AvgIpc) is 2.92. The average molecular weight is 568 g/mol. The SMILES string of the molecule is CCCN(CCCl)c1ccc(C[C@H](N)C(=O)OOC(=O)[C@@H](N)Cc2ccc(N(CCC)CCCl)cc2)cc1. The van der Waals surface area contributed by atoms with E-state index in [-0.39, 0.29) is 12.8 Å². The molecule has 0 radical (unpaired) electrons. The molecule has 4 N–H and O–H groups in total. The molecule has 0 fully saturated rings. The van der Waals surface area contributed by atoms with E-state index < -0.39 is 24.0 Å². The lowest BCUT2D eigenvalue weighted by molar-refractivity contribution is -0.260. The molecule has 0 aromatic heterocycles. The van der Waals surface area contributed by atoms with E-state index in [1.807, 2.05) is 48.5 Å². The maximum atomic E-state index is 12.3. The van der Waals surface area contributed by atoms with E-state index in [2.05, 4.69) is 23.6 Å². The van der Waals surface area contributed by atoms with Crippen LogP contribution in [0, 0.1) is 0 Å². The van der Waals surface area contributed by atoms with Gasteiger partial charge in [0.25, 0.3) is 0 Å². The van der Waals surface area contributed by atoms with Crippen LogP contribution in [0.4, 0.5) is 11.4 Å². The second-order valence-electron chi connectivity index (χ2n) is 9.11. The molecule has 2 rings (SSSR count). The lowest BCUT2D eigenvalue weighted by atomic mass is 10.1. The van der Waals surface area contributed by atoms with E-state index in [4.69, 9.17) is 44.4 Å². The number of carbonyl (C=O) groups is 2. The van der Waals surface area contributed by atoms with Gasteiger partial charge in [0.15, 0.2) is 0 Å². The van der Waals surface area contributed by atoms with Crippen molar-refractivity contribution < 1.29 is 19.4 Å². The zero-order chi connectivity index (χ0) is 27.9. The number of nitrogens with two attached hydrogens (primary N) is 2. The number of hydrogen-bond acceptors (Lipinski definition) is 8. The highest BCUT2D eigenvalue weighted by molar-refractivity contribution is 6.18. The van der Waals surface area contributed by atoms with Gasteiger partial charge in [-0.05, 0) is 61.1 Å². The van der Waals surface area contributed by atoms with Crippen LogP contribution in [0.5, 0.6) is 0 Å². The van der Waals surface area contributed by atoms with Crippen LogP contribution in [0.1, 0.15) is 37.8 Å². The first-order valence-corrected chi connectivity index (χ1v) is 14.1. The summed E-state index contributed by atoms with van der Waals surface area (Å²) in [6.07, 6.45) is 2.49. The molecule has 0 heterocycles. The minimum Gasteiger partial charge on any atom is -0.370 e. The van der Waals surface area contributed by atoms with Gasteiger partial charge in [-0.25, -0.2) is 19.4 Å². The molecule has 0 bridgehead atoms. The third-order valence-corrected chi connectivity index (χ3v) is 6.36. The highest BCUT2D eigenvalue weighted by Crippen LogP contribution is 2.18. The van der Waals surface area contributed by atoms with Crippen molar-refractivity contribution in [3.05, 3.63) is 59.7 Å². The summed E-state index contributed by atoms with van der Waals surface area (Å²) in [5, 5.41) is 0. The van der Waals surface area contributed by atoms with Crippen molar-refractivity contribution in [3.63, 3.8) is 0 Å². The van der Waals surface area contributed by atoms with Gasteiger partial charge < -0.3 is 21.3 Å². The zero-order valence-corrected chi connectivity index (χ0v) is 23.8. The number of carbonyl (C=O) groups excluding carboxylic acids is 2. The number of rotatable bonds is 16. The molecule has 2 aromatic carbocycles. The quantitative estimate of drug-likeness (QED) is 0.178. The number of halogens is 2. The Hall–Kier alpha value is -2.52. The Kier molecular flexibility index (Phi) is 14.3. The predicted octanol–water partition coefficient (Wildman–Crippen LogP) is 4.04. The fraction of sp³-hybridized carbons (Fsp3) is 0.500. The van der Waals surface area contributed by atoms with E-state index in [0.29, 0.717) is 11.8 Å². The van der Waals surface area contributed by atoms with Crippen LogP contribution in [-0.2, 0) is 32.2 Å². The molecule has 8 nitrogen and oxygen atoms in total. The molecule has 0 spiro atoms. The minimum atomic E-state index is -0.994. The van der Waals surface area contributed by atoms with Crippen LogP contribution in [0.2, 0.25) is 0 Å². The van der Waals surface area contributed by atoms with Crippen molar-refractivity contribution in [3.8, 4) is 0 Å². The zero-order valence-electron chi connectivity index (χ0n) is 22.3. The van der Waals surface area contributed by atoms with Crippen LogP contribution in [-0.4, -0.2) is 62.0 Å². The number of anilines is 2. The van der Waals surface area contributed by atoms with E-state index in [0.717, 1.165) is 61.5 Å². The Labute approximate surface area is 236 Å². The van der Waals surface area contributed by atoms with Gasteiger partial charge in [-0.2, -0.15) is 0 Å². The molecule has 0 saturated carbocycles. The van der Waals surface area contributed by atoms with E-state index in [9.17, 15) is 9.59 Å². The first-order chi connectivity index (χ1) is 18.3. The molecule has 0 unspecified atom stereocenters. The molecule has 2 aromatic rings. The van der Waals surface area contributed by atoms with Gasteiger partial charge in [0, 0.05) is 49.3 Å². The van der Waals surface area contributed by atoms with Crippen molar-refractivity contribution in [2.45, 2.75) is 51.6 Å². The van der Waals surface area contributed by atoms with Crippen molar-refractivity contribution in [1.29, 1.82) is 0 Å². The van der Waals surface area contributed by atoms with Gasteiger partial charge in [0.2, 0.25) is 0 Å². The maximum absolute atomic E-state index is 12.3. The molecule has 0 aliphatic carbocycles. The summed E-state index contributed by atoms with van der Waals surface area (Å²) in [6.45, 7) is 7.55. The first kappa shape index (κ1) is 31.7. The van der Waals surface area contributed by atoms with Gasteiger partial charge >= 0.3 is 11.9 Å². The van der Waals surface area contributed by atoms with Crippen LogP contribution in [0.3, 0.4) is 0 Å². The molecule has 0 aliphatic heterocycles. The largest absolute Gasteiger partial charge is 0.372 e. The molecule has 0 aliphatic rings. The predicted molar refractivity (Wildman–Crippen MR) is 155 cm³/mol. The van der Waals surface area contributed by atoms with Crippen LogP contribution in [0.25, 0.3) is 0 Å². The Morgan fingerprint density at radius 2 is 1.03 bits per heavy atom. The lowest BCUT2D eigenvalue weighted by Gasteiger charge is -2.23. The summed E-state index contributed by atoms with van der Waals surface area (Å²) in [4.78, 5) is 38.3. The van der Waals surface area contributed by atoms with E-state index >= 15 is 0 Å². The third-order valence-electron chi connectivity index (χ3n) is 6.02. The summed E-state index contributed by atoms with van der Waals surface area (Å²) in [6, 6.07) is 13.5. The first-order valence-electron chi connectivity index (χ1n) is 13.1. The Morgan fingerprint density at radius 3 is 1.32 bits per heavy atom. The molecule has 2 atom stereocenters. The number of benzene rings is 2. The van der Waals surface area contributed by atoms with Crippen LogP contribution < -0.4 is 21.3 Å². The number of nitrogens with zero attached hydrogens (tertiary/aromatic N) is 2. The summed E-state index contributed by atoms with van der Waals surface area (Å²) in [5.41, 5.74) is 15.8. The number of hydrogen-bond donors (Lipinski definition) is 2. The molecule has 0 saturated heterocycles. The summed E-state index contributed by atoms with van der Waals surface area (Å²) >= 11 is 11.8. The smallest absolute Gasteiger partial charge is 0.370 e. The lowest BCUT2D eigenvalue weighted by Crippen LogP contribution is -2.38. The molecular formula is C28H40Cl2N4O4. The van der Waals surface area contributed by atoms with E-state index in [1.165, 1.54) is 0 Å². The second-order valence-corrected chi connectivity index (χ2v) is 9.87. The van der Waals surface area contributed by atoms with Crippen molar-refractivity contribution in [1.82, 2.24) is 0 Å². The fourth-order valence-corrected chi connectivity index (χ4v) is 4.46. The van der Waals surface area contributed by atoms with E-state index in [1.54, 1.807) is 0 Å². The van der Waals surface area contributed by atoms with Crippen molar-refractivity contribution in [2.75, 3.05) is 47.7 Å². The molecule has 0 amide bonds. The molecule has 210 valence electrons. The minimum absolute atomic E-state index is 0.233. The summed E-state index contributed by atoms with van der Waals surface area (Å²) < 4.78 is 0. The van der Waals surface area contributed by atoms with Crippen molar-refractivity contribution >= 4 is 46.5 Å². The van der Waals surface area contributed by atoms with Gasteiger partial charge in [-0.3, -0.25) is 0 Å². The normalized spacial score (nSPS) is 12.5. The van der Waals surface area contributed by atoms with Gasteiger partial charge in [-0.15, -0.1) is 23.2 Å². The van der Waals surface area contributed by atoms with Crippen LogP contribution in [0.15, 0.2) is 48.5 Å². The third kappa shape index (κ3) is 10.3. The van der Waals surface area contributed by atoms with Gasteiger partial charge in [-0.1, -0.05) is 38.1 Å². The molecule has 38 heavy (non-hydrogen) atoms. The van der Waals surface area contributed by atoms with Crippen LogP contribution >= 0.6 is 23.2 Å². The Balaban J connectivity index is 1.82. The maximum Gasteiger partial charge on any atom is 0.372 e. The topological polar surface area (TPSA) is 111 Å². The highest BCUT2D eigenvalue weighted by atomic mass is 35.5. The second kappa shape index (κ2) is 17.1. The number of alkyl halides is 2. The standard InChI is InChI=1S/C28H40Cl2N4O4/c1-3-15-33(17-13-29)23-9-5-21(6-10-23)19-25(31)27(35)37-38-28(36)26(32)20-22-7-11-24(12-8-22)34(16-4-2)18-14-30/h5-12,25-26H,3-4,13-20,31-32H2,1-2H3/t25-,26-/m0/s1. The van der Waals surface area contributed by atoms with Crippen molar-refractivity contribution in [2.24, 2.45) is 11.5 Å². The Morgan fingerprint density at radius 1 is 0.684 bits per heavy atom. The highest BCUT2D eigenvalue weighted by Gasteiger charge is 2.23. The fourth-order valence-electron chi connectivity index (χ4n) is 4.05. The van der Waals surface area contributed by atoms with Gasteiger partial charge in [0.05, 0.1) is 0 Å². The van der Waals surface area contributed by atoms with Gasteiger partial charge in [0.1, 0.15) is 12.1 Å². The summed E-state index contributed by atoms with van der Waals surface area (Å²) in [5.74, 6) is -0.604.